The van der Waals surface area contributed by atoms with Gasteiger partial charge in [0.05, 0.1) is 52.0 Å². The van der Waals surface area contributed by atoms with Crippen molar-refractivity contribution in [3.05, 3.63) is 70.4 Å². The maximum absolute atomic E-state index is 13.4. The van der Waals surface area contributed by atoms with E-state index in [1.807, 2.05) is 12.1 Å². The van der Waals surface area contributed by atoms with Crippen molar-refractivity contribution >= 4 is 27.6 Å². The molecule has 1 fully saturated rings. The lowest BCUT2D eigenvalue weighted by Gasteiger charge is -2.34. The predicted octanol–water partition coefficient (Wildman–Crippen LogP) is 3.94. The van der Waals surface area contributed by atoms with Crippen LogP contribution in [0.5, 0.6) is 0 Å². The van der Waals surface area contributed by atoms with Crippen molar-refractivity contribution in [1.29, 1.82) is 10.5 Å². The highest BCUT2D eigenvalue weighted by Crippen LogP contribution is 2.38. The summed E-state index contributed by atoms with van der Waals surface area (Å²) in [6.07, 6.45) is -2.07. The largest absolute Gasteiger partial charge is 0.416 e. The summed E-state index contributed by atoms with van der Waals surface area (Å²) in [6, 6.07) is 9.21. The number of halogens is 3. The summed E-state index contributed by atoms with van der Waals surface area (Å²) in [5.41, 5.74) is -1.37. The number of hydrogen-bond acceptors (Lipinski definition) is 6. The van der Waals surface area contributed by atoms with E-state index in [-0.39, 0.29) is 28.1 Å². The summed E-state index contributed by atoms with van der Waals surface area (Å²) in [7, 11) is -4.43. The highest BCUT2D eigenvalue weighted by Gasteiger charge is 2.37. The van der Waals surface area contributed by atoms with E-state index in [1.54, 1.807) is 4.90 Å². The number of piperidine rings is 1. The molecule has 1 saturated heterocycles. The number of rotatable bonds is 6. The molecule has 4 rings (SSSR count). The van der Waals surface area contributed by atoms with Gasteiger partial charge >= 0.3 is 12.2 Å². The van der Waals surface area contributed by atoms with Gasteiger partial charge in [0.25, 0.3) is 0 Å². The minimum atomic E-state index is -4.67. The first-order chi connectivity index (χ1) is 19.4. The van der Waals surface area contributed by atoms with Crippen molar-refractivity contribution in [3.63, 3.8) is 0 Å². The minimum Gasteiger partial charge on any atom is -0.342 e. The van der Waals surface area contributed by atoms with Crippen LogP contribution in [0.25, 0.3) is 0 Å². The van der Waals surface area contributed by atoms with Gasteiger partial charge in [-0.1, -0.05) is 12.1 Å². The maximum atomic E-state index is 13.4. The van der Waals surface area contributed by atoms with Crippen LogP contribution in [0.4, 0.5) is 23.7 Å². The van der Waals surface area contributed by atoms with E-state index in [2.05, 4.69) is 10.0 Å². The standard InChI is InChI=1S/C27H25F3N6O4S/c1-17-22(15-32)25(34-26(38)36(17)20-7-5-6-19(13-20)27(28,29)30)21-9-8-18(14-31)12-23(21)41(39,40)33-16-24(37)35-10-3-2-4-11-35/h5-9,12-13,25,33H,2-4,10-11,16H2,1H3,(H,34,38)/t25-/m1/s1. The quantitative estimate of drug-likeness (QED) is 0.524. The number of nitriles is 2. The molecule has 0 saturated carbocycles. The number of urea groups is 1. The Morgan fingerprint density at radius 1 is 1.10 bits per heavy atom. The molecule has 2 aliphatic rings. The fraction of sp³-hybridized carbons (Fsp3) is 0.333. The molecule has 214 valence electrons. The van der Waals surface area contributed by atoms with Crippen molar-refractivity contribution < 1.29 is 31.2 Å². The van der Waals surface area contributed by atoms with Crippen molar-refractivity contribution in [1.82, 2.24) is 14.9 Å². The fourth-order valence-electron chi connectivity index (χ4n) is 4.82. The van der Waals surface area contributed by atoms with Crippen LogP contribution >= 0.6 is 0 Å². The number of likely N-dealkylation sites (tertiary alicyclic amines) is 1. The molecule has 2 heterocycles. The Morgan fingerprint density at radius 3 is 2.44 bits per heavy atom. The van der Waals surface area contributed by atoms with Crippen LogP contribution in [0.15, 0.2) is 58.6 Å². The molecular formula is C27H25F3N6O4S. The van der Waals surface area contributed by atoms with Gasteiger partial charge in [-0.25, -0.2) is 17.9 Å². The lowest BCUT2D eigenvalue weighted by atomic mass is 9.94. The Kier molecular flexibility index (Phi) is 8.37. The van der Waals surface area contributed by atoms with Gasteiger partial charge in [-0.15, -0.1) is 0 Å². The second kappa shape index (κ2) is 11.6. The molecule has 10 nitrogen and oxygen atoms in total. The molecular weight excluding hydrogens is 561 g/mol. The number of sulfonamides is 1. The van der Waals surface area contributed by atoms with Crippen molar-refractivity contribution in [2.45, 2.75) is 43.3 Å². The Labute approximate surface area is 234 Å². The molecule has 0 radical (unpaired) electrons. The van der Waals surface area contributed by atoms with Crippen LogP contribution in [-0.4, -0.2) is 44.9 Å². The molecule has 2 aromatic rings. The number of nitrogens with one attached hydrogen (secondary N) is 2. The topological polar surface area (TPSA) is 146 Å². The highest BCUT2D eigenvalue weighted by atomic mass is 32.2. The monoisotopic (exact) mass is 586 g/mol. The third-order valence-electron chi connectivity index (χ3n) is 6.90. The highest BCUT2D eigenvalue weighted by molar-refractivity contribution is 7.89. The minimum absolute atomic E-state index is 0.0125. The summed E-state index contributed by atoms with van der Waals surface area (Å²) in [5, 5.41) is 21.9. The zero-order valence-electron chi connectivity index (χ0n) is 21.8. The summed E-state index contributed by atoms with van der Waals surface area (Å²) in [5.74, 6) is -0.414. The molecule has 41 heavy (non-hydrogen) atoms. The lowest BCUT2D eigenvalue weighted by Crippen LogP contribution is -2.47. The first-order valence-electron chi connectivity index (χ1n) is 12.6. The Hall–Kier alpha value is -4.40. The van der Waals surface area contributed by atoms with Gasteiger partial charge in [-0.2, -0.15) is 23.7 Å². The predicted molar refractivity (Wildman–Crippen MR) is 140 cm³/mol. The molecule has 0 aliphatic carbocycles. The molecule has 0 bridgehead atoms. The lowest BCUT2D eigenvalue weighted by molar-refractivity contribution is -0.137. The Balaban J connectivity index is 1.72. The molecule has 1 atom stereocenters. The van der Waals surface area contributed by atoms with Crippen LogP contribution in [0, 0.1) is 22.7 Å². The van der Waals surface area contributed by atoms with Gasteiger partial charge in [-0.3, -0.25) is 9.69 Å². The average molecular weight is 587 g/mol. The summed E-state index contributed by atoms with van der Waals surface area (Å²) < 4.78 is 69.0. The Bertz CT molecular complexity index is 1600. The second-order valence-electron chi connectivity index (χ2n) is 9.51. The normalized spacial score (nSPS) is 18.0. The van der Waals surface area contributed by atoms with Crippen LogP contribution in [0.3, 0.4) is 0 Å². The zero-order valence-corrected chi connectivity index (χ0v) is 22.6. The molecule has 2 N–H and O–H groups in total. The molecule has 0 aromatic heterocycles. The number of amides is 3. The summed E-state index contributed by atoms with van der Waals surface area (Å²) in [4.78, 5) is 27.8. The van der Waals surface area contributed by atoms with Crippen LogP contribution < -0.4 is 14.9 Å². The van der Waals surface area contributed by atoms with Crippen molar-refractivity contribution in [3.8, 4) is 12.1 Å². The molecule has 2 aromatic carbocycles. The molecule has 0 spiro atoms. The van der Waals surface area contributed by atoms with Gasteiger partial charge in [0.15, 0.2) is 0 Å². The molecule has 3 amide bonds. The second-order valence-corrected chi connectivity index (χ2v) is 11.2. The van der Waals surface area contributed by atoms with E-state index in [1.165, 1.54) is 25.1 Å². The van der Waals surface area contributed by atoms with Gasteiger partial charge in [0.2, 0.25) is 15.9 Å². The number of carbonyl (C=O) groups excluding carboxylic acids is 2. The smallest absolute Gasteiger partial charge is 0.342 e. The summed E-state index contributed by atoms with van der Waals surface area (Å²) in [6.45, 7) is 1.86. The molecule has 14 heteroatoms. The first kappa shape index (κ1) is 29.6. The Morgan fingerprint density at radius 2 is 1.80 bits per heavy atom. The average Bonchev–Trinajstić information content (AvgIpc) is 2.95. The number of nitrogens with zero attached hydrogens (tertiary/aromatic N) is 4. The number of benzene rings is 2. The zero-order chi connectivity index (χ0) is 29.9. The van der Waals surface area contributed by atoms with Crippen molar-refractivity contribution in [2.75, 3.05) is 24.5 Å². The number of alkyl halides is 3. The van der Waals surface area contributed by atoms with Crippen LogP contribution in [0.2, 0.25) is 0 Å². The number of allylic oxidation sites excluding steroid dienone is 1. The van der Waals surface area contributed by atoms with E-state index in [4.69, 9.17) is 0 Å². The number of carbonyl (C=O) groups is 2. The van der Waals surface area contributed by atoms with Crippen molar-refractivity contribution in [2.24, 2.45) is 0 Å². The van der Waals surface area contributed by atoms with Gasteiger partial charge in [0.1, 0.15) is 0 Å². The fourth-order valence-corrected chi connectivity index (χ4v) is 6.06. The van der Waals surface area contributed by atoms with E-state index >= 15 is 0 Å². The van der Waals surface area contributed by atoms with Gasteiger partial charge < -0.3 is 10.2 Å². The summed E-state index contributed by atoms with van der Waals surface area (Å²) >= 11 is 0. The van der Waals surface area contributed by atoms with E-state index < -0.39 is 51.2 Å². The number of hydrogen-bond donors (Lipinski definition) is 2. The molecule has 2 aliphatic heterocycles. The third-order valence-corrected chi connectivity index (χ3v) is 8.36. The van der Waals surface area contributed by atoms with E-state index in [0.717, 1.165) is 48.4 Å². The van der Waals surface area contributed by atoms with Gasteiger partial charge in [0, 0.05) is 18.8 Å². The first-order valence-corrected chi connectivity index (χ1v) is 14.1. The van der Waals surface area contributed by atoms with E-state index in [9.17, 15) is 41.7 Å². The van der Waals surface area contributed by atoms with Crippen LogP contribution in [-0.2, 0) is 21.0 Å². The SMILES string of the molecule is CC1=C(C#N)[C@@H](c2ccc(C#N)cc2S(=O)(=O)NCC(=O)N2CCCCC2)NC(=O)N1c1cccc(C(F)(F)F)c1. The van der Waals surface area contributed by atoms with E-state index in [0.29, 0.717) is 13.1 Å². The van der Waals surface area contributed by atoms with Crippen LogP contribution in [0.1, 0.15) is 48.9 Å². The third kappa shape index (κ3) is 6.19. The number of anilines is 1. The molecule has 0 unspecified atom stereocenters. The maximum Gasteiger partial charge on any atom is 0.416 e. The van der Waals surface area contributed by atoms with Gasteiger partial charge in [-0.05, 0) is 62.1 Å².